The molecule has 0 saturated carbocycles. The van der Waals surface area contributed by atoms with Crippen LogP contribution in [0.1, 0.15) is 43.1 Å². The maximum atomic E-state index is 13.8. The predicted octanol–water partition coefficient (Wildman–Crippen LogP) is 3.92. The zero-order chi connectivity index (χ0) is 25.6. The van der Waals surface area contributed by atoms with E-state index >= 15 is 0 Å². The lowest BCUT2D eigenvalue weighted by Crippen LogP contribution is -2.63. The smallest absolute Gasteiger partial charge is 0.246 e. The van der Waals surface area contributed by atoms with E-state index in [-0.39, 0.29) is 18.4 Å². The third-order valence-electron chi connectivity index (χ3n) is 7.32. The minimum absolute atomic E-state index is 0.00335. The molecule has 2 amide bonds. The number of nitrogens with one attached hydrogen (secondary N) is 1. The van der Waals surface area contributed by atoms with Crippen LogP contribution in [-0.4, -0.2) is 67.1 Å². The molecule has 0 aliphatic carbocycles. The monoisotopic (exact) mass is 491 g/mol. The minimum atomic E-state index is -0.575. The molecule has 3 aromatic rings. The lowest BCUT2D eigenvalue weighted by atomic mass is 9.86. The first kappa shape index (κ1) is 24.0. The quantitative estimate of drug-likeness (QED) is 0.542. The summed E-state index contributed by atoms with van der Waals surface area (Å²) in [5.74, 6) is 1.87. The number of hydrogen-bond donors (Lipinski definition) is 1. The number of aromatic nitrogens is 1. The minimum Gasteiger partial charge on any atom is -0.493 e. The lowest BCUT2D eigenvalue weighted by molar-refractivity contribution is -0.158. The summed E-state index contributed by atoms with van der Waals surface area (Å²) in [4.78, 5) is 34.5. The first-order valence-electron chi connectivity index (χ1n) is 12.4. The number of para-hydroxylation sites is 1. The van der Waals surface area contributed by atoms with Crippen LogP contribution < -0.4 is 14.2 Å². The maximum absolute atomic E-state index is 13.8. The maximum Gasteiger partial charge on any atom is 0.246 e. The van der Waals surface area contributed by atoms with Gasteiger partial charge in [-0.15, -0.1) is 0 Å². The summed E-state index contributed by atoms with van der Waals surface area (Å²) in [6.07, 6.45) is 1.34. The second-order valence-corrected chi connectivity index (χ2v) is 9.89. The van der Waals surface area contributed by atoms with E-state index < -0.39 is 12.1 Å². The van der Waals surface area contributed by atoms with Crippen molar-refractivity contribution in [2.45, 2.75) is 38.8 Å². The van der Waals surface area contributed by atoms with E-state index in [1.165, 1.54) is 0 Å². The zero-order valence-electron chi connectivity index (χ0n) is 21.5. The highest BCUT2D eigenvalue weighted by atomic mass is 16.5. The second-order valence-electron chi connectivity index (χ2n) is 9.89. The fourth-order valence-electron chi connectivity index (χ4n) is 5.53. The molecule has 0 unspecified atom stereocenters. The third kappa shape index (κ3) is 3.85. The molecule has 1 saturated heterocycles. The molecule has 1 N–H and O–H groups in total. The van der Waals surface area contributed by atoms with E-state index in [2.05, 4.69) is 24.9 Å². The molecular weight excluding hydrogens is 458 g/mol. The van der Waals surface area contributed by atoms with Crippen LogP contribution in [0.4, 0.5) is 0 Å². The first-order chi connectivity index (χ1) is 17.4. The Morgan fingerprint density at radius 3 is 2.36 bits per heavy atom. The largest absolute Gasteiger partial charge is 0.493 e. The Kier molecular flexibility index (Phi) is 6.28. The van der Waals surface area contributed by atoms with Crippen LogP contribution in [0, 0.1) is 5.92 Å². The summed E-state index contributed by atoms with van der Waals surface area (Å²) < 4.78 is 16.8. The van der Waals surface area contributed by atoms with Crippen molar-refractivity contribution >= 4 is 22.7 Å². The van der Waals surface area contributed by atoms with Gasteiger partial charge >= 0.3 is 0 Å². The number of H-pyrrole nitrogens is 1. The van der Waals surface area contributed by atoms with E-state index in [9.17, 15) is 9.59 Å². The highest BCUT2D eigenvalue weighted by Gasteiger charge is 2.48. The normalized spacial score (nSPS) is 19.5. The molecule has 0 radical (unpaired) electrons. The van der Waals surface area contributed by atoms with Gasteiger partial charge in [0.2, 0.25) is 17.6 Å². The molecule has 2 aliphatic heterocycles. The fourth-order valence-corrected chi connectivity index (χ4v) is 5.53. The molecule has 36 heavy (non-hydrogen) atoms. The Morgan fingerprint density at radius 2 is 1.72 bits per heavy atom. The SMILES string of the molecule is COc1cc([C@H]2c3[nH]c4ccccc4c3C[C@H]3C(=O)N(CCC(C)C)CC(=O)N23)cc(OC)c1OC. The van der Waals surface area contributed by atoms with Crippen molar-refractivity contribution in [3.05, 3.63) is 53.2 Å². The highest BCUT2D eigenvalue weighted by molar-refractivity contribution is 5.97. The number of ether oxygens (including phenoxy) is 3. The summed E-state index contributed by atoms with van der Waals surface area (Å²) in [6.45, 7) is 4.92. The molecule has 1 fully saturated rings. The summed E-state index contributed by atoms with van der Waals surface area (Å²) in [5.41, 5.74) is 3.76. The first-order valence-corrected chi connectivity index (χ1v) is 12.4. The van der Waals surface area contributed by atoms with Crippen molar-refractivity contribution in [2.75, 3.05) is 34.4 Å². The van der Waals surface area contributed by atoms with Gasteiger partial charge < -0.3 is 29.0 Å². The van der Waals surface area contributed by atoms with Gasteiger partial charge in [-0.3, -0.25) is 9.59 Å². The molecule has 2 aliphatic rings. The molecule has 0 spiro atoms. The number of carbonyl (C=O) groups is 2. The molecule has 1 aromatic heterocycles. The molecule has 190 valence electrons. The molecule has 8 heteroatoms. The molecule has 3 heterocycles. The van der Waals surface area contributed by atoms with Crippen LogP contribution in [0.25, 0.3) is 10.9 Å². The van der Waals surface area contributed by atoms with Crippen LogP contribution in [0.3, 0.4) is 0 Å². The van der Waals surface area contributed by atoms with E-state index in [0.717, 1.165) is 34.1 Å². The number of rotatable bonds is 7. The van der Waals surface area contributed by atoms with Gasteiger partial charge in [0.15, 0.2) is 11.5 Å². The molecule has 2 aromatic carbocycles. The van der Waals surface area contributed by atoms with E-state index in [1.807, 2.05) is 30.3 Å². The number of benzene rings is 2. The fraction of sp³-hybridized carbons (Fsp3) is 0.429. The van der Waals surface area contributed by atoms with Gasteiger partial charge in [0.05, 0.1) is 33.9 Å². The van der Waals surface area contributed by atoms with Crippen LogP contribution >= 0.6 is 0 Å². The van der Waals surface area contributed by atoms with Gasteiger partial charge in [-0.1, -0.05) is 32.0 Å². The number of fused-ring (bicyclic) bond motifs is 4. The van der Waals surface area contributed by atoms with E-state index in [0.29, 0.717) is 36.1 Å². The van der Waals surface area contributed by atoms with Crippen molar-refractivity contribution in [2.24, 2.45) is 5.92 Å². The number of piperazine rings is 1. The van der Waals surface area contributed by atoms with E-state index in [4.69, 9.17) is 14.2 Å². The van der Waals surface area contributed by atoms with Crippen LogP contribution in [0.15, 0.2) is 36.4 Å². The number of carbonyl (C=O) groups excluding carboxylic acids is 2. The van der Waals surface area contributed by atoms with Crippen molar-refractivity contribution in [3.63, 3.8) is 0 Å². The Labute approximate surface area is 211 Å². The van der Waals surface area contributed by atoms with Crippen LogP contribution in [-0.2, 0) is 16.0 Å². The average Bonchev–Trinajstić information content (AvgIpc) is 3.26. The van der Waals surface area contributed by atoms with Crippen molar-refractivity contribution < 1.29 is 23.8 Å². The standard InChI is InChI=1S/C28H33N3O5/c1-16(2)10-11-30-15-24(32)31-21(28(30)33)14-19-18-8-6-7-9-20(18)29-25(19)26(31)17-12-22(34-3)27(36-5)23(13-17)35-4/h6-9,12-13,16,21,26,29H,10-11,14-15H2,1-5H3/t21-,26-/m0/s1. The summed E-state index contributed by atoms with van der Waals surface area (Å²) in [6, 6.07) is 10.7. The van der Waals surface area contributed by atoms with E-state index in [1.54, 1.807) is 31.1 Å². The topological polar surface area (TPSA) is 84.1 Å². The number of nitrogens with zero attached hydrogens (tertiary/aromatic N) is 2. The molecule has 5 rings (SSSR count). The lowest BCUT2D eigenvalue weighted by Gasteiger charge is -2.47. The second kappa shape index (κ2) is 9.41. The number of aromatic amines is 1. The van der Waals surface area contributed by atoms with Crippen molar-refractivity contribution in [1.82, 2.24) is 14.8 Å². The number of hydrogen-bond acceptors (Lipinski definition) is 5. The van der Waals surface area contributed by atoms with Gasteiger partial charge in [-0.25, -0.2) is 0 Å². The Morgan fingerprint density at radius 1 is 1.03 bits per heavy atom. The van der Waals surface area contributed by atoms with Gasteiger partial charge in [0.1, 0.15) is 6.04 Å². The van der Waals surface area contributed by atoms with Crippen molar-refractivity contribution in [3.8, 4) is 17.2 Å². The predicted molar refractivity (Wildman–Crippen MR) is 137 cm³/mol. The Balaban J connectivity index is 1.68. The zero-order valence-corrected chi connectivity index (χ0v) is 21.5. The highest BCUT2D eigenvalue weighted by Crippen LogP contribution is 2.47. The van der Waals surface area contributed by atoms with Gasteiger partial charge in [0, 0.05) is 29.6 Å². The molecule has 2 atom stereocenters. The number of methoxy groups -OCH3 is 3. The number of amides is 2. The summed E-state index contributed by atoms with van der Waals surface area (Å²) in [5, 5.41) is 1.07. The van der Waals surface area contributed by atoms with Crippen LogP contribution in [0.5, 0.6) is 17.2 Å². The average molecular weight is 492 g/mol. The van der Waals surface area contributed by atoms with Crippen molar-refractivity contribution in [1.29, 1.82) is 0 Å². The molecule has 8 nitrogen and oxygen atoms in total. The summed E-state index contributed by atoms with van der Waals surface area (Å²) in [7, 11) is 4.70. The van der Waals surface area contributed by atoms with Crippen LogP contribution in [0.2, 0.25) is 0 Å². The van der Waals surface area contributed by atoms with Gasteiger partial charge in [-0.2, -0.15) is 0 Å². The third-order valence-corrected chi connectivity index (χ3v) is 7.32. The van der Waals surface area contributed by atoms with Gasteiger partial charge in [-0.05, 0) is 41.7 Å². The summed E-state index contributed by atoms with van der Waals surface area (Å²) >= 11 is 0. The molecule has 0 bridgehead atoms. The Bertz CT molecular complexity index is 1290. The Hall–Kier alpha value is -3.68. The van der Waals surface area contributed by atoms with Gasteiger partial charge in [0.25, 0.3) is 0 Å². The molecular formula is C28H33N3O5.